The summed E-state index contributed by atoms with van der Waals surface area (Å²) in [6.07, 6.45) is 1.99. The van der Waals surface area contributed by atoms with Crippen LogP contribution in [0.25, 0.3) is 0 Å². The molecule has 18 heavy (non-hydrogen) atoms. The van der Waals surface area contributed by atoms with Crippen molar-refractivity contribution in [2.24, 2.45) is 11.7 Å². The SMILES string of the molecule is NC(=O)C1CCCN(C(=O)CC2CNCCO2)C1. The molecule has 2 aliphatic rings. The first-order valence-electron chi connectivity index (χ1n) is 6.56. The van der Waals surface area contributed by atoms with E-state index in [4.69, 9.17) is 10.5 Å². The van der Waals surface area contributed by atoms with E-state index in [0.717, 1.165) is 32.5 Å². The second-order valence-electron chi connectivity index (χ2n) is 4.98. The van der Waals surface area contributed by atoms with Crippen LogP contribution in [0, 0.1) is 5.92 Å². The molecule has 0 aromatic rings. The summed E-state index contributed by atoms with van der Waals surface area (Å²) in [6, 6.07) is 0. The lowest BCUT2D eigenvalue weighted by molar-refractivity contribution is -0.138. The molecule has 0 saturated carbocycles. The van der Waals surface area contributed by atoms with Gasteiger partial charge in [-0.2, -0.15) is 0 Å². The molecule has 6 nitrogen and oxygen atoms in total. The van der Waals surface area contributed by atoms with Gasteiger partial charge in [-0.25, -0.2) is 0 Å². The largest absolute Gasteiger partial charge is 0.375 e. The molecule has 2 unspecified atom stereocenters. The summed E-state index contributed by atoms with van der Waals surface area (Å²) in [5, 5.41) is 3.20. The van der Waals surface area contributed by atoms with E-state index in [-0.39, 0.29) is 23.8 Å². The Kier molecular flexibility index (Phi) is 4.54. The van der Waals surface area contributed by atoms with Gasteiger partial charge in [-0.15, -0.1) is 0 Å². The van der Waals surface area contributed by atoms with Gasteiger partial charge >= 0.3 is 0 Å². The third kappa shape index (κ3) is 3.43. The molecule has 2 amide bonds. The maximum atomic E-state index is 12.1. The van der Waals surface area contributed by atoms with E-state index < -0.39 is 0 Å². The first-order valence-corrected chi connectivity index (χ1v) is 6.56. The molecule has 0 aromatic carbocycles. The number of carbonyl (C=O) groups is 2. The summed E-state index contributed by atoms with van der Waals surface area (Å²) < 4.78 is 5.51. The number of primary amides is 1. The highest BCUT2D eigenvalue weighted by Crippen LogP contribution is 2.17. The molecule has 0 bridgehead atoms. The van der Waals surface area contributed by atoms with E-state index in [9.17, 15) is 9.59 Å². The van der Waals surface area contributed by atoms with Gasteiger partial charge in [0.1, 0.15) is 0 Å². The average Bonchev–Trinajstić information content (AvgIpc) is 2.40. The van der Waals surface area contributed by atoms with E-state index in [2.05, 4.69) is 5.32 Å². The van der Waals surface area contributed by atoms with Gasteiger partial charge in [0.25, 0.3) is 0 Å². The van der Waals surface area contributed by atoms with Crippen LogP contribution in [0.15, 0.2) is 0 Å². The van der Waals surface area contributed by atoms with Crippen LogP contribution in [0.5, 0.6) is 0 Å². The Balaban J connectivity index is 1.82. The van der Waals surface area contributed by atoms with Gasteiger partial charge < -0.3 is 20.7 Å². The summed E-state index contributed by atoms with van der Waals surface area (Å²) in [7, 11) is 0. The summed E-state index contributed by atoms with van der Waals surface area (Å²) in [5.41, 5.74) is 5.30. The number of piperidine rings is 1. The quantitative estimate of drug-likeness (QED) is 0.683. The third-order valence-corrected chi connectivity index (χ3v) is 3.58. The van der Waals surface area contributed by atoms with Crippen LogP contribution >= 0.6 is 0 Å². The molecule has 2 rings (SSSR count). The molecule has 0 spiro atoms. The fraction of sp³-hybridized carbons (Fsp3) is 0.833. The highest BCUT2D eigenvalue weighted by atomic mass is 16.5. The van der Waals surface area contributed by atoms with Crippen molar-refractivity contribution in [2.45, 2.75) is 25.4 Å². The zero-order valence-electron chi connectivity index (χ0n) is 10.6. The summed E-state index contributed by atoms with van der Waals surface area (Å²) in [4.78, 5) is 25.0. The Morgan fingerprint density at radius 2 is 2.28 bits per heavy atom. The first-order chi connectivity index (χ1) is 8.66. The van der Waals surface area contributed by atoms with Crippen molar-refractivity contribution in [3.8, 4) is 0 Å². The molecular weight excluding hydrogens is 234 g/mol. The first kappa shape index (κ1) is 13.3. The molecule has 0 radical (unpaired) electrons. The van der Waals surface area contributed by atoms with E-state index in [1.54, 1.807) is 4.90 Å². The second kappa shape index (κ2) is 6.15. The zero-order chi connectivity index (χ0) is 13.0. The van der Waals surface area contributed by atoms with Crippen LogP contribution in [0.3, 0.4) is 0 Å². The molecule has 102 valence electrons. The van der Waals surface area contributed by atoms with Crippen molar-refractivity contribution in [3.63, 3.8) is 0 Å². The van der Waals surface area contributed by atoms with Gasteiger partial charge in [0.2, 0.25) is 11.8 Å². The van der Waals surface area contributed by atoms with Gasteiger partial charge in [-0.3, -0.25) is 9.59 Å². The zero-order valence-corrected chi connectivity index (χ0v) is 10.6. The van der Waals surface area contributed by atoms with E-state index in [1.807, 2.05) is 0 Å². The topological polar surface area (TPSA) is 84.7 Å². The average molecular weight is 255 g/mol. The number of amides is 2. The number of morpholine rings is 1. The number of ether oxygens (including phenoxy) is 1. The minimum atomic E-state index is -0.303. The Bertz CT molecular complexity index is 316. The predicted octanol–water partition coefficient (Wildman–Crippen LogP) is -0.911. The molecule has 2 saturated heterocycles. The number of hydrogen-bond acceptors (Lipinski definition) is 4. The van der Waals surface area contributed by atoms with Gasteiger partial charge in [-0.1, -0.05) is 0 Å². The van der Waals surface area contributed by atoms with Crippen molar-refractivity contribution in [3.05, 3.63) is 0 Å². The van der Waals surface area contributed by atoms with Gasteiger partial charge in [0.05, 0.1) is 25.0 Å². The maximum absolute atomic E-state index is 12.1. The van der Waals surface area contributed by atoms with Gasteiger partial charge in [0.15, 0.2) is 0 Å². The number of nitrogens with zero attached hydrogens (tertiary/aromatic N) is 1. The van der Waals surface area contributed by atoms with Crippen LogP contribution in [0.2, 0.25) is 0 Å². The van der Waals surface area contributed by atoms with Crippen LogP contribution < -0.4 is 11.1 Å². The highest BCUT2D eigenvalue weighted by molar-refractivity contribution is 5.80. The Hall–Kier alpha value is -1.14. The molecular formula is C12H21N3O3. The molecule has 2 fully saturated rings. The standard InChI is InChI=1S/C12H21N3O3/c13-12(17)9-2-1-4-15(8-9)11(16)6-10-7-14-3-5-18-10/h9-10,14H,1-8H2,(H2,13,17). The Morgan fingerprint density at radius 1 is 1.44 bits per heavy atom. The third-order valence-electron chi connectivity index (χ3n) is 3.58. The molecule has 2 heterocycles. The van der Waals surface area contributed by atoms with Crippen molar-refractivity contribution in [1.82, 2.24) is 10.2 Å². The molecule has 3 N–H and O–H groups in total. The smallest absolute Gasteiger partial charge is 0.225 e. The van der Waals surface area contributed by atoms with E-state index in [1.165, 1.54) is 0 Å². The minimum Gasteiger partial charge on any atom is -0.375 e. The lowest BCUT2D eigenvalue weighted by atomic mass is 9.97. The predicted molar refractivity (Wildman–Crippen MR) is 65.7 cm³/mol. The fourth-order valence-corrected chi connectivity index (χ4v) is 2.51. The number of nitrogens with one attached hydrogen (secondary N) is 1. The van der Waals surface area contributed by atoms with Gasteiger partial charge in [-0.05, 0) is 12.8 Å². The Morgan fingerprint density at radius 3 is 2.94 bits per heavy atom. The Labute approximate surface area is 107 Å². The van der Waals surface area contributed by atoms with Crippen molar-refractivity contribution in [1.29, 1.82) is 0 Å². The minimum absolute atomic E-state index is 0.0415. The maximum Gasteiger partial charge on any atom is 0.225 e. The highest BCUT2D eigenvalue weighted by Gasteiger charge is 2.28. The molecule has 2 aliphatic heterocycles. The van der Waals surface area contributed by atoms with Gasteiger partial charge in [0, 0.05) is 26.2 Å². The van der Waals surface area contributed by atoms with Crippen LogP contribution in [-0.2, 0) is 14.3 Å². The molecule has 0 aliphatic carbocycles. The van der Waals surface area contributed by atoms with Crippen molar-refractivity contribution < 1.29 is 14.3 Å². The lowest BCUT2D eigenvalue weighted by Crippen LogP contribution is -2.47. The number of rotatable bonds is 3. The van der Waals surface area contributed by atoms with Crippen LogP contribution in [0.4, 0.5) is 0 Å². The van der Waals surface area contributed by atoms with Crippen LogP contribution in [-0.4, -0.2) is 55.6 Å². The monoisotopic (exact) mass is 255 g/mol. The summed E-state index contributed by atoms with van der Waals surface area (Å²) >= 11 is 0. The summed E-state index contributed by atoms with van der Waals surface area (Å²) in [5.74, 6) is -0.425. The van der Waals surface area contributed by atoms with E-state index in [0.29, 0.717) is 19.6 Å². The van der Waals surface area contributed by atoms with Crippen LogP contribution in [0.1, 0.15) is 19.3 Å². The molecule has 2 atom stereocenters. The number of hydrogen-bond donors (Lipinski definition) is 2. The number of nitrogens with two attached hydrogens (primary N) is 1. The van der Waals surface area contributed by atoms with Crippen molar-refractivity contribution >= 4 is 11.8 Å². The molecule has 0 aromatic heterocycles. The van der Waals surface area contributed by atoms with E-state index >= 15 is 0 Å². The number of likely N-dealkylation sites (tertiary alicyclic amines) is 1. The summed E-state index contributed by atoms with van der Waals surface area (Å²) in [6.45, 7) is 3.41. The normalized spacial score (nSPS) is 29.0. The fourth-order valence-electron chi connectivity index (χ4n) is 2.51. The van der Waals surface area contributed by atoms with Crippen molar-refractivity contribution in [2.75, 3.05) is 32.8 Å². The second-order valence-corrected chi connectivity index (χ2v) is 4.98. The number of carbonyl (C=O) groups excluding carboxylic acids is 2. The lowest BCUT2D eigenvalue weighted by Gasteiger charge is -2.33. The molecule has 6 heteroatoms.